The average Bonchev–Trinajstić information content (AvgIpc) is 2.75. The van der Waals surface area contributed by atoms with E-state index in [-0.39, 0.29) is 12.6 Å². The van der Waals surface area contributed by atoms with Crippen LogP contribution in [0, 0.1) is 12.3 Å². The molecule has 0 aliphatic heterocycles. The van der Waals surface area contributed by atoms with E-state index in [9.17, 15) is 9.59 Å². The summed E-state index contributed by atoms with van der Waals surface area (Å²) in [5.74, 6) is 2.84. The molecule has 0 unspecified atom stereocenters. The van der Waals surface area contributed by atoms with Crippen molar-refractivity contribution in [3.8, 4) is 12.3 Å². The first-order valence-electron chi connectivity index (χ1n) is 5.42. The summed E-state index contributed by atoms with van der Waals surface area (Å²) in [6.45, 7) is 0.257. The maximum atomic E-state index is 11.5. The molecule has 7 nitrogen and oxygen atoms in total. The van der Waals surface area contributed by atoms with Gasteiger partial charge in [-0.1, -0.05) is 5.92 Å². The van der Waals surface area contributed by atoms with Crippen LogP contribution >= 0.6 is 11.8 Å². The number of carbonyl (C=O) groups excluding carboxylic acids is 1. The smallest absolute Gasteiger partial charge is 0.325 e. The number of carboxylic acids is 1. The molecular weight excluding hydrogens is 268 g/mol. The molecule has 1 aromatic rings. The lowest BCUT2D eigenvalue weighted by atomic mass is 10.5. The van der Waals surface area contributed by atoms with Gasteiger partial charge in [0.25, 0.3) is 0 Å². The molecule has 19 heavy (non-hydrogen) atoms. The first kappa shape index (κ1) is 14.9. The third-order valence-corrected chi connectivity index (χ3v) is 2.77. The van der Waals surface area contributed by atoms with Crippen molar-refractivity contribution in [3.05, 3.63) is 12.4 Å². The fourth-order valence-electron chi connectivity index (χ4n) is 1.20. The number of rotatable bonds is 7. The second-order valence-corrected chi connectivity index (χ2v) is 4.56. The number of amides is 2. The molecule has 1 aromatic heterocycles. The van der Waals surface area contributed by atoms with Crippen LogP contribution < -0.4 is 10.6 Å². The van der Waals surface area contributed by atoms with Crippen molar-refractivity contribution < 1.29 is 14.7 Å². The number of terminal acetylenes is 1. The van der Waals surface area contributed by atoms with Crippen LogP contribution in [0.15, 0.2) is 12.4 Å². The fourth-order valence-corrected chi connectivity index (χ4v) is 1.70. The zero-order valence-electron chi connectivity index (χ0n) is 10.1. The van der Waals surface area contributed by atoms with Gasteiger partial charge >= 0.3 is 12.0 Å². The molecule has 0 radical (unpaired) electrons. The van der Waals surface area contributed by atoms with Crippen LogP contribution in [0.3, 0.4) is 0 Å². The molecule has 0 spiro atoms. The van der Waals surface area contributed by atoms with Crippen LogP contribution in [0.4, 0.5) is 10.5 Å². The van der Waals surface area contributed by atoms with Crippen LogP contribution in [0.25, 0.3) is 0 Å². The summed E-state index contributed by atoms with van der Waals surface area (Å²) in [7, 11) is 0. The van der Waals surface area contributed by atoms with E-state index >= 15 is 0 Å². The van der Waals surface area contributed by atoms with E-state index in [0.717, 1.165) is 5.75 Å². The zero-order valence-corrected chi connectivity index (χ0v) is 10.9. The van der Waals surface area contributed by atoms with E-state index in [1.807, 2.05) is 0 Å². The Morgan fingerprint density at radius 2 is 2.37 bits per heavy atom. The summed E-state index contributed by atoms with van der Waals surface area (Å²) in [5.41, 5.74) is 0.440. The lowest BCUT2D eigenvalue weighted by molar-refractivity contribution is -0.137. The molecule has 3 N–H and O–H groups in total. The van der Waals surface area contributed by atoms with Crippen LogP contribution in [0.2, 0.25) is 0 Å². The predicted molar refractivity (Wildman–Crippen MR) is 73.0 cm³/mol. The summed E-state index contributed by atoms with van der Waals surface area (Å²) in [6.07, 6.45) is 7.92. The Hall–Kier alpha value is -2.14. The number of hydrogen-bond acceptors (Lipinski definition) is 4. The molecule has 0 saturated carbocycles. The second kappa shape index (κ2) is 8.05. The molecule has 0 aliphatic carbocycles. The van der Waals surface area contributed by atoms with Crippen molar-refractivity contribution in [1.29, 1.82) is 0 Å². The third kappa shape index (κ3) is 6.38. The standard InChI is InChI=1S/C11H14N4O3S/c1-2-4-19-5-3-12-11(18)14-9-6-13-15(7-9)8-10(16)17/h1,6-7H,3-5,8H2,(H,16,17)(H2,12,14,18). The van der Waals surface area contributed by atoms with Gasteiger partial charge in [-0.3, -0.25) is 9.48 Å². The normalized spacial score (nSPS) is 9.63. The van der Waals surface area contributed by atoms with Gasteiger partial charge in [-0.05, 0) is 0 Å². The molecule has 1 rings (SSSR count). The van der Waals surface area contributed by atoms with E-state index in [1.54, 1.807) is 11.8 Å². The number of carboxylic acid groups (broad SMARTS) is 1. The monoisotopic (exact) mass is 282 g/mol. The first-order chi connectivity index (χ1) is 9.11. The van der Waals surface area contributed by atoms with Gasteiger partial charge in [0.15, 0.2) is 0 Å². The summed E-state index contributed by atoms with van der Waals surface area (Å²) < 4.78 is 1.22. The number of aromatic nitrogens is 2. The molecule has 0 bridgehead atoms. The summed E-state index contributed by atoms with van der Waals surface area (Å²) in [6, 6.07) is -0.365. The number of nitrogens with zero attached hydrogens (tertiary/aromatic N) is 2. The minimum atomic E-state index is -0.996. The van der Waals surface area contributed by atoms with Crippen molar-refractivity contribution in [3.63, 3.8) is 0 Å². The van der Waals surface area contributed by atoms with Gasteiger partial charge in [0.2, 0.25) is 0 Å². The van der Waals surface area contributed by atoms with Crippen molar-refractivity contribution in [2.24, 2.45) is 0 Å². The Morgan fingerprint density at radius 1 is 1.58 bits per heavy atom. The van der Waals surface area contributed by atoms with E-state index < -0.39 is 5.97 Å². The molecule has 0 fully saturated rings. The highest BCUT2D eigenvalue weighted by Gasteiger charge is 2.05. The van der Waals surface area contributed by atoms with E-state index in [0.29, 0.717) is 18.0 Å². The van der Waals surface area contributed by atoms with Gasteiger partial charge in [-0.15, -0.1) is 18.2 Å². The van der Waals surface area contributed by atoms with Gasteiger partial charge in [0.1, 0.15) is 6.54 Å². The Labute approximate surface area is 114 Å². The molecule has 8 heteroatoms. The molecule has 0 aromatic carbocycles. The number of hydrogen-bond donors (Lipinski definition) is 3. The minimum absolute atomic E-state index is 0.244. The number of carbonyl (C=O) groups is 2. The Balaban J connectivity index is 2.26. The van der Waals surface area contributed by atoms with E-state index in [1.165, 1.54) is 17.1 Å². The number of aliphatic carboxylic acids is 1. The highest BCUT2D eigenvalue weighted by Crippen LogP contribution is 2.04. The molecule has 0 atom stereocenters. The Kier molecular flexibility index (Phi) is 6.32. The number of nitrogens with one attached hydrogen (secondary N) is 2. The topological polar surface area (TPSA) is 96.3 Å². The van der Waals surface area contributed by atoms with Gasteiger partial charge in [0.05, 0.1) is 17.6 Å². The number of anilines is 1. The van der Waals surface area contributed by atoms with Gasteiger partial charge in [0, 0.05) is 18.5 Å². The van der Waals surface area contributed by atoms with Crippen molar-refractivity contribution in [2.45, 2.75) is 6.54 Å². The lowest BCUT2D eigenvalue weighted by Gasteiger charge is -2.04. The molecule has 0 saturated heterocycles. The highest BCUT2D eigenvalue weighted by molar-refractivity contribution is 7.99. The molecular formula is C11H14N4O3S. The van der Waals surface area contributed by atoms with Gasteiger partial charge in [-0.2, -0.15) is 5.10 Å². The van der Waals surface area contributed by atoms with Crippen molar-refractivity contribution in [2.75, 3.05) is 23.4 Å². The summed E-state index contributed by atoms with van der Waals surface area (Å²) in [5, 5.41) is 17.6. The second-order valence-electron chi connectivity index (χ2n) is 3.46. The van der Waals surface area contributed by atoms with Crippen LogP contribution in [0.1, 0.15) is 0 Å². The maximum Gasteiger partial charge on any atom is 0.325 e. The van der Waals surface area contributed by atoms with Crippen LogP contribution in [0.5, 0.6) is 0 Å². The van der Waals surface area contributed by atoms with Crippen molar-refractivity contribution >= 4 is 29.4 Å². The van der Waals surface area contributed by atoms with E-state index in [4.69, 9.17) is 11.5 Å². The quantitative estimate of drug-likeness (QED) is 0.498. The predicted octanol–water partition coefficient (Wildman–Crippen LogP) is 0.456. The molecule has 2 amide bonds. The molecule has 102 valence electrons. The summed E-state index contributed by atoms with van der Waals surface area (Å²) in [4.78, 5) is 21.9. The minimum Gasteiger partial charge on any atom is -0.480 e. The van der Waals surface area contributed by atoms with Gasteiger partial charge < -0.3 is 15.7 Å². The first-order valence-corrected chi connectivity index (χ1v) is 6.57. The molecule has 0 aliphatic rings. The lowest BCUT2D eigenvalue weighted by Crippen LogP contribution is -2.30. The summed E-state index contributed by atoms with van der Waals surface area (Å²) >= 11 is 1.55. The van der Waals surface area contributed by atoms with Crippen molar-refractivity contribution in [1.82, 2.24) is 15.1 Å². The molecule has 1 heterocycles. The average molecular weight is 282 g/mol. The zero-order chi connectivity index (χ0) is 14.1. The third-order valence-electron chi connectivity index (χ3n) is 1.91. The van der Waals surface area contributed by atoms with Crippen LogP contribution in [-0.2, 0) is 11.3 Å². The highest BCUT2D eigenvalue weighted by atomic mass is 32.2. The van der Waals surface area contributed by atoms with E-state index in [2.05, 4.69) is 21.7 Å². The van der Waals surface area contributed by atoms with Gasteiger partial charge in [-0.25, -0.2) is 4.79 Å². The largest absolute Gasteiger partial charge is 0.480 e. The number of thioether (sulfide) groups is 1. The fraction of sp³-hybridized carbons (Fsp3) is 0.364. The Morgan fingerprint density at radius 3 is 3.05 bits per heavy atom. The SMILES string of the molecule is C#CCSCCNC(=O)Nc1cnn(CC(=O)O)c1. The Bertz CT molecular complexity index is 481. The number of urea groups is 1. The maximum absolute atomic E-state index is 11.5. The van der Waals surface area contributed by atoms with Crippen LogP contribution in [-0.4, -0.2) is 44.9 Å².